The summed E-state index contributed by atoms with van der Waals surface area (Å²) in [5.41, 5.74) is 6.08. The average Bonchev–Trinajstić information content (AvgIpc) is 3.06. The van der Waals surface area contributed by atoms with Crippen LogP contribution in [0, 0.1) is 23.7 Å². The fourth-order valence-corrected chi connectivity index (χ4v) is 7.71. The molecule has 4 aliphatic rings. The lowest BCUT2D eigenvalue weighted by molar-refractivity contribution is -0.133. The number of hydrogen-bond donors (Lipinski definition) is 3. The van der Waals surface area contributed by atoms with Gasteiger partial charge >= 0.3 is 0 Å². The molecule has 0 saturated heterocycles. The van der Waals surface area contributed by atoms with Gasteiger partial charge in [0.1, 0.15) is 5.76 Å². The van der Waals surface area contributed by atoms with Crippen molar-refractivity contribution in [1.29, 1.82) is 0 Å². The minimum Gasteiger partial charge on any atom is -0.505 e. The van der Waals surface area contributed by atoms with Crippen LogP contribution in [0.2, 0.25) is 0 Å². The Kier molecular flexibility index (Phi) is 14.8. The van der Waals surface area contributed by atoms with Crippen LogP contribution in [0.1, 0.15) is 119 Å². The van der Waals surface area contributed by atoms with Crippen LogP contribution >= 0.6 is 0 Å². The molecule has 0 saturated carbocycles. The Labute approximate surface area is 299 Å². The summed E-state index contributed by atoms with van der Waals surface area (Å²) in [6.07, 6.45) is 16.0. The smallest absolute Gasteiger partial charge is 0.233 e. The first-order chi connectivity index (χ1) is 23.7. The summed E-state index contributed by atoms with van der Waals surface area (Å²) < 4.78 is 0. The first kappa shape index (κ1) is 40.4. The van der Waals surface area contributed by atoms with E-state index in [-0.39, 0.29) is 57.9 Å². The second kappa shape index (κ2) is 18.3. The van der Waals surface area contributed by atoms with Crippen LogP contribution in [-0.2, 0) is 19.2 Å². The lowest BCUT2D eigenvalue weighted by atomic mass is 9.70. The minimum absolute atomic E-state index is 0.0624. The Morgan fingerprint density at radius 3 is 1.72 bits per heavy atom. The summed E-state index contributed by atoms with van der Waals surface area (Å²) in [4.78, 5) is 50.9. The quantitative estimate of drug-likeness (QED) is 0.0581. The van der Waals surface area contributed by atoms with Crippen LogP contribution in [0.4, 0.5) is 0 Å². The normalized spacial score (nSPS) is 24.4. The van der Waals surface area contributed by atoms with Crippen LogP contribution < -0.4 is 5.32 Å². The second-order valence-corrected chi connectivity index (χ2v) is 14.6. The maximum Gasteiger partial charge on any atom is 0.233 e. The van der Waals surface area contributed by atoms with Gasteiger partial charge in [-0.2, -0.15) is 0 Å². The van der Waals surface area contributed by atoms with Crippen molar-refractivity contribution < 1.29 is 29.4 Å². The molecule has 50 heavy (non-hydrogen) atoms. The van der Waals surface area contributed by atoms with Gasteiger partial charge in [0.15, 0.2) is 11.5 Å². The number of aliphatic hydroxyl groups excluding tert-OH is 2. The Morgan fingerprint density at radius 2 is 1.24 bits per heavy atom. The Hall–Kier alpha value is -4.00. The highest BCUT2D eigenvalue weighted by Crippen LogP contribution is 2.42. The molecule has 272 valence electrons. The fraction of sp³-hybridized carbons (Fsp3) is 0.535. The number of aliphatic hydroxyl groups is 2. The Bertz CT molecular complexity index is 1590. The number of unbranched alkanes of at least 4 members (excludes halogenated alkanes) is 4. The summed E-state index contributed by atoms with van der Waals surface area (Å²) in [5, 5.41) is 24.4. The zero-order valence-corrected chi connectivity index (χ0v) is 31.5. The molecule has 4 atom stereocenters. The van der Waals surface area contributed by atoms with E-state index >= 15 is 0 Å². The third-order valence-corrected chi connectivity index (χ3v) is 10.6. The van der Waals surface area contributed by atoms with Gasteiger partial charge in [0.05, 0.1) is 16.8 Å². The van der Waals surface area contributed by atoms with Gasteiger partial charge < -0.3 is 15.5 Å². The van der Waals surface area contributed by atoms with Crippen molar-refractivity contribution in [3.63, 3.8) is 0 Å². The molecule has 3 N–H and O–H groups in total. The molecule has 0 fully saturated rings. The molecule has 7 heteroatoms. The summed E-state index contributed by atoms with van der Waals surface area (Å²) in [6, 6.07) is 0. The van der Waals surface area contributed by atoms with E-state index in [4.69, 9.17) is 0 Å². The van der Waals surface area contributed by atoms with Gasteiger partial charge in [-0.1, -0.05) is 87.1 Å². The van der Waals surface area contributed by atoms with E-state index in [1.807, 2.05) is 39.8 Å². The highest BCUT2D eigenvalue weighted by Gasteiger charge is 2.41. The molecule has 4 aliphatic carbocycles. The molecule has 0 aromatic carbocycles. The van der Waals surface area contributed by atoms with Crippen LogP contribution in [0.25, 0.3) is 0 Å². The Balaban J connectivity index is 0.000000271. The predicted octanol–water partition coefficient (Wildman–Crippen LogP) is 9.56. The van der Waals surface area contributed by atoms with E-state index in [2.05, 4.69) is 32.3 Å². The van der Waals surface area contributed by atoms with Crippen molar-refractivity contribution in [3.8, 4) is 0 Å². The lowest BCUT2D eigenvalue weighted by Crippen LogP contribution is -2.35. The molecule has 0 heterocycles. The minimum atomic E-state index is -0.560. The summed E-state index contributed by atoms with van der Waals surface area (Å²) in [5.74, 6) is -2.43. The number of hydrogen-bond acceptors (Lipinski definition) is 7. The molecule has 0 unspecified atom stereocenters. The summed E-state index contributed by atoms with van der Waals surface area (Å²) in [6.45, 7) is 20.2. The van der Waals surface area contributed by atoms with Crippen molar-refractivity contribution in [2.75, 3.05) is 7.05 Å². The first-order valence-electron chi connectivity index (χ1n) is 18.5. The zero-order chi connectivity index (χ0) is 37.3. The molecule has 4 rings (SSSR count). The second-order valence-electron chi connectivity index (χ2n) is 14.6. The molecule has 0 aromatic rings. The largest absolute Gasteiger partial charge is 0.505 e. The maximum atomic E-state index is 12.9. The van der Waals surface area contributed by atoms with Gasteiger partial charge in [-0.15, -0.1) is 0 Å². The highest BCUT2D eigenvalue weighted by atomic mass is 16.3. The number of ketones is 4. The van der Waals surface area contributed by atoms with Gasteiger partial charge in [0.25, 0.3) is 0 Å². The number of Topliss-reactive ketones (excluding diaryl/α,β-unsaturated/α-hetero) is 3. The van der Waals surface area contributed by atoms with Crippen molar-refractivity contribution in [2.24, 2.45) is 23.7 Å². The van der Waals surface area contributed by atoms with Crippen molar-refractivity contribution in [2.45, 2.75) is 119 Å². The van der Waals surface area contributed by atoms with E-state index in [0.717, 1.165) is 75.4 Å². The molecule has 0 amide bonds. The molecule has 0 bridgehead atoms. The van der Waals surface area contributed by atoms with Crippen molar-refractivity contribution in [1.82, 2.24) is 5.32 Å². The third kappa shape index (κ3) is 9.21. The lowest BCUT2D eigenvalue weighted by Gasteiger charge is -2.33. The van der Waals surface area contributed by atoms with Crippen LogP contribution in [0.5, 0.6) is 0 Å². The molecular formula is C43H59NO6. The molecular weight excluding hydrogens is 626 g/mol. The van der Waals surface area contributed by atoms with Crippen LogP contribution in [0.15, 0.2) is 93.2 Å². The van der Waals surface area contributed by atoms with E-state index in [1.165, 1.54) is 17.2 Å². The van der Waals surface area contributed by atoms with Crippen molar-refractivity contribution in [3.05, 3.63) is 93.2 Å². The molecule has 7 nitrogen and oxygen atoms in total. The molecule has 0 aliphatic heterocycles. The zero-order valence-electron chi connectivity index (χ0n) is 31.5. The van der Waals surface area contributed by atoms with Gasteiger partial charge in [0.2, 0.25) is 17.3 Å². The predicted molar refractivity (Wildman–Crippen MR) is 201 cm³/mol. The van der Waals surface area contributed by atoms with E-state index in [0.29, 0.717) is 29.7 Å². The molecule has 0 radical (unpaired) electrons. The van der Waals surface area contributed by atoms with Crippen LogP contribution in [0.3, 0.4) is 0 Å². The number of likely N-dealkylation sites (N-methyl/N-ethyl adjacent to an activating group) is 1. The highest BCUT2D eigenvalue weighted by molar-refractivity contribution is 6.50. The van der Waals surface area contributed by atoms with Gasteiger partial charge in [-0.25, -0.2) is 0 Å². The SMILES string of the molecule is C=C(C)[C@@H]1CCC(C)=C[C@H]1C1=C(O)C(=O)C(CCCCC)=CC1=O.C=C(C)[C@@H]1CCC(C)=C[C@H]1C1=C(O)C(NC)=C(CCCCC)C(=O)C1=O. The third-order valence-electron chi connectivity index (χ3n) is 10.6. The van der Waals surface area contributed by atoms with Crippen LogP contribution in [-0.4, -0.2) is 40.4 Å². The topological polar surface area (TPSA) is 121 Å². The van der Waals surface area contributed by atoms with E-state index in [9.17, 15) is 29.4 Å². The van der Waals surface area contributed by atoms with E-state index in [1.54, 1.807) is 7.05 Å². The Morgan fingerprint density at radius 1 is 0.740 bits per heavy atom. The molecule has 0 spiro atoms. The number of carbonyl (C=O) groups is 4. The van der Waals surface area contributed by atoms with Gasteiger partial charge in [0, 0.05) is 30.0 Å². The summed E-state index contributed by atoms with van der Waals surface area (Å²) in [7, 11) is 1.68. The monoisotopic (exact) mass is 685 g/mol. The summed E-state index contributed by atoms with van der Waals surface area (Å²) >= 11 is 0. The number of allylic oxidation sites excluding steroid dienone is 11. The van der Waals surface area contributed by atoms with E-state index < -0.39 is 11.6 Å². The number of nitrogens with one attached hydrogen (secondary N) is 1. The van der Waals surface area contributed by atoms with Gasteiger partial charge in [-0.3, -0.25) is 19.2 Å². The average molecular weight is 686 g/mol. The number of rotatable bonds is 13. The maximum absolute atomic E-state index is 12.9. The number of carbonyl (C=O) groups excluding carboxylic acids is 4. The fourth-order valence-electron chi connectivity index (χ4n) is 7.71. The van der Waals surface area contributed by atoms with Gasteiger partial charge in [-0.05, 0) is 97.0 Å². The molecule has 0 aromatic heterocycles. The first-order valence-corrected chi connectivity index (χ1v) is 18.5. The standard InChI is InChI=1S/C22H31NO3.C21H28O3/c1-6-7-8-9-16-19(23-5)21(25)18(22(26)20(16)24)17-12-14(4)10-11-15(17)13(2)3;1-5-6-7-8-15-12-18(22)19(21(24)20(15)23)17-11-14(4)9-10-16(17)13(2)3/h12,15,17,23,25H,2,6-11H2,1,3-5H3;11-12,16-17,24H,2,5-10H2,1,3-4H3/t15-,17+;16-,17+/m00/s1. The van der Waals surface area contributed by atoms with Crippen molar-refractivity contribution >= 4 is 23.1 Å².